The van der Waals surface area contributed by atoms with Gasteiger partial charge in [-0.15, -0.1) is 0 Å². The van der Waals surface area contributed by atoms with Gasteiger partial charge in [0, 0.05) is 56.4 Å². The molecule has 0 radical (unpaired) electrons. The first-order chi connectivity index (χ1) is 34.6. The SMILES string of the molecule is CSC(=O)/C(C(=O)OCC(COC(=O)/C(C(=O)SC)=C1\CC(C)(C)CC(N2CCCC2)=C1C#N)COC(=O)/C(C(=O)SC)=C1\CC(C)(C)CC(N2CCCC2)=C1C#N)=C1/CC(C)(C)CC(N2CCCC2)=C1C#N. The molecule has 73 heavy (non-hydrogen) atoms. The van der Waals surface area contributed by atoms with Crippen LogP contribution in [0.1, 0.15) is 119 Å². The Morgan fingerprint density at radius 3 is 0.890 bits per heavy atom. The van der Waals surface area contributed by atoms with Crippen molar-refractivity contribution in [1.82, 2.24) is 14.7 Å². The van der Waals surface area contributed by atoms with Crippen molar-refractivity contribution in [3.63, 3.8) is 0 Å². The van der Waals surface area contributed by atoms with Crippen LogP contribution in [0.4, 0.5) is 0 Å². The zero-order valence-electron chi connectivity index (χ0n) is 44.0. The molecule has 6 rings (SSSR count). The third-order valence-corrected chi connectivity index (χ3v) is 16.2. The van der Waals surface area contributed by atoms with Crippen molar-refractivity contribution in [2.24, 2.45) is 22.2 Å². The van der Waals surface area contributed by atoms with Crippen molar-refractivity contribution in [2.75, 3.05) is 77.9 Å². The summed E-state index contributed by atoms with van der Waals surface area (Å²) >= 11 is 2.42. The molecule has 3 fully saturated rings. The second kappa shape index (κ2) is 24.4. The van der Waals surface area contributed by atoms with Gasteiger partial charge in [0.2, 0.25) is 15.3 Å². The molecule has 0 bridgehead atoms. The zero-order chi connectivity index (χ0) is 53.4. The number of carbonyl (C=O) groups excluding carboxylic acids is 6. The molecule has 0 atom stereocenters. The van der Waals surface area contributed by atoms with Gasteiger partial charge < -0.3 is 28.9 Å². The molecule has 3 aliphatic heterocycles. The van der Waals surface area contributed by atoms with E-state index in [0.717, 1.165) is 130 Å². The van der Waals surface area contributed by atoms with Gasteiger partial charge in [0.1, 0.15) is 54.7 Å². The lowest BCUT2D eigenvalue weighted by molar-refractivity contribution is -0.148. The highest BCUT2D eigenvalue weighted by Gasteiger charge is 2.42. The van der Waals surface area contributed by atoms with E-state index in [9.17, 15) is 44.6 Å². The Hall–Kier alpha value is -5.22. The zero-order valence-corrected chi connectivity index (χ0v) is 46.5. The van der Waals surface area contributed by atoms with Crippen molar-refractivity contribution < 1.29 is 43.0 Å². The molecular weight excluding hydrogens is 985 g/mol. The number of rotatable bonds is 15. The maximum atomic E-state index is 14.5. The van der Waals surface area contributed by atoms with Crippen LogP contribution in [0.2, 0.25) is 0 Å². The minimum Gasteiger partial charge on any atom is -0.461 e. The summed E-state index contributed by atoms with van der Waals surface area (Å²) in [5.41, 5.74) is 1.88. The first-order valence-corrected chi connectivity index (χ1v) is 28.9. The highest BCUT2D eigenvalue weighted by atomic mass is 32.2. The van der Waals surface area contributed by atoms with E-state index in [1.54, 1.807) is 0 Å². The lowest BCUT2D eigenvalue weighted by Gasteiger charge is -2.37. The van der Waals surface area contributed by atoms with Crippen molar-refractivity contribution in [1.29, 1.82) is 15.8 Å². The number of carbonyl (C=O) groups is 6. The Morgan fingerprint density at radius 1 is 0.452 bits per heavy atom. The second-order valence-corrected chi connectivity index (χ2v) is 24.5. The van der Waals surface area contributed by atoms with Gasteiger partial charge in [0.05, 0.1) is 22.6 Å². The molecule has 0 amide bonds. The standard InChI is InChI=1S/C55H70N6O9S3/c1-53(2)22-35(38(28-56)41(25-53)59-16-10-11-17-59)44(50(65)71-7)47(62)68-31-34(32-69-48(63)45(51(66)72-8)36-23-54(3,4)26-42(39(36)29-57)60-18-12-13-19-60)33-70-49(64)46(52(67)73-9)37-24-55(5,6)27-43(40(37)30-58)61-20-14-15-21-61/h34H,10-27,31-33H2,1-9H3/b44-35-,45-36-,46-37-. The third-order valence-electron chi connectivity index (χ3n) is 14.5. The average Bonchev–Trinajstić information content (AvgIpc) is 4.19. The van der Waals surface area contributed by atoms with Gasteiger partial charge in [-0.1, -0.05) is 76.8 Å². The van der Waals surface area contributed by atoms with E-state index in [0.29, 0.717) is 19.3 Å². The molecule has 3 aliphatic carbocycles. The maximum Gasteiger partial charge on any atom is 0.343 e. The molecule has 0 N–H and O–H groups in total. The lowest BCUT2D eigenvalue weighted by Crippen LogP contribution is -2.33. The summed E-state index contributed by atoms with van der Waals surface area (Å²) in [6.07, 6.45) is 12.8. The van der Waals surface area contributed by atoms with E-state index >= 15 is 0 Å². The molecule has 0 spiro atoms. The molecule has 0 aromatic rings. The number of esters is 3. The summed E-state index contributed by atoms with van der Waals surface area (Å²) in [5.74, 6) is -4.19. The number of thioether (sulfide) groups is 3. The van der Waals surface area contributed by atoms with Crippen LogP contribution in [0, 0.1) is 56.2 Å². The highest BCUT2D eigenvalue weighted by Crippen LogP contribution is 2.48. The molecule has 0 saturated carbocycles. The van der Waals surface area contributed by atoms with E-state index in [4.69, 9.17) is 14.2 Å². The topological polar surface area (TPSA) is 211 Å². The van der Waals surface area contributed by atoms with Gasteiger partial charge in [0.15, 0.2) is 0 Å². The van der Waals surface area contributed by atoms with Crippen LogP contribution in [-0.4, -0.2) is 126 Å². The number of hydrogen-bond acceptors (Lipinski definition) is 18. The van der Waals surface area contributed by atoms with Crippen LogP contribution in [0.25, 0.3) is 0 Å². The summed E-state index contributed by atoms with van der Waals surface area (Å²) in [6, 6.07) is 6.91. The van der Waals surface area contributed by atoms with Gasteiger partial charge in [-0.3, -0.25) is 14.4 Å². The van der Waals surface area contributed by atoms with E-state index in [1.165, 1.54) is 18.8 Å². The van der Waals surface area contributed by atoms with Crippen LogP contribution in [0.5, 0.6) is 0 Å². The largest absolute Gasteiger partial charge is 0.461 e. The molecule has 15 nitrogen and oxygen atoms in total. The van der Waals surface area contributed by atoms with E-state index in [2.05, 4.69) is 32.9 Å². The smallest absolute Gasteiger partial charge is 0.343 e. The van der Waals surface area contributed by atoms with Crippen molar-refractivity contribution in [2.45, 2.75) is 119 Å². The van der Waals surface area contributed by atoms with Crippen LogP contribution in [-0.2, 0) is 43.0 Å². The average molecular weight is 1060 g/mol. The molecule has 392 valence electrons. The second-order valence-electron chi connectivity index (χ2n) is 22.1. The number of nitrogens with zero attached hydrogens (tertiary/aromatic N) is 6. The summed E-state index contributed by atoms with van der Waals surface area (Å²) in [7, 11) is 0. The number of hydrogen-bond donors (Lipinski definition) is 0. The Balaban J connectivity index is 1.39. The Labute approximate surface area is 443 Å². The minimum absolute atomic E-state index is 0.245. The van der Waals surface area contributed by atoms with Gasteiger partial charge in [-0.2, -0.15) is 15.8 Å². The van der Waals surface area contributed by atoms with E-state index in [1.807, 2.05) is 41.5 Å². The van der Waals surface area contributed by atoms with Crippen LogP contribution in [0.15, 0.2) is 67.2 Å². The first kappa shape index (κ1) is 57.1. The lowest BCUT2D eigenvalue weighted by atomic mass is 9.72. The molecule has 0 aromatic carbocycles. The molecule has 3 saturated heterocycles. The first-order valence-electron chi connectivity index (χ1n) is 25.2. The number of likely N-dealkylation sites (tertiary alicyclic amines) is 3. The molecule has 0 unspecified atom stereocenters. The fourth-order valence-corrected chi connectivity index (χ4v) is 12.3. The van der Waals surface area contributed by atoms with Gasteiger partial charge in [-0.25, -0.2) is 14.4 Å². The fraction of sp³-hybridized carbons (Fsp3) is 0.618. The third kappa shape index (κ3) is 13.4. The molecule has 3 heterocycles. The predicted molar refractivity (Wildman–Crippen MR) is 282 cm³/mol. The van der Waals surface area contributed by atoms with Gasteiger partial charge in [0.25, 0.3) is 0 Å². The Morgan fingerprint density at radius 2 is 0.685 bits per heavy atom. The van der Waals surface area contributed by atoms with Gasteiger partial charge >= 0.3 is 17.9 Å². The molecular formula is C55H70N6O9S3. The van der Waals surface area contributed by atoms with Crippen LogP contribution < -0.4 is 0 Å². The van der Waals surface area contributed by atoms with Crippen molar-refractivity contribution >= 4 is 68.5 Å². The van der Waals surface area contributed by atoms with Crippen LogP contribution >= 0.6 is 35.3 Å². The minimum atomic E-state index is -1.13. The van der Waals surface area contributed by atoms with Crippen LogP contribution in [0.3, 0.4) is 0 Å². The monoisotopic (exact) mass is 1050 g/mol. The highest BCUT2D eigenvalue weighted by molar-refractivity contribution is 8.14. The number of nitriles is 3. The van der Waals surface area contributed by atoms with Crippen molar-refractivity contribution in [3.05, 3.63) is 67.2 Å². The van der Waals surface area contributed by atoms with Crippen molar-refractivity contribution in [3.8, 4) is 18.2 Å². The molecule has 0 aromatic heterocycles. The van der Waals surface area contributed by atoms with Gasteiger partial charge in [-0.05, 0) is 129 Å². The molecule has 18 heteroatoms. The Bertz CT molecular complexity index is 2320. The number of allylic oxidation sites excluding steroid dienone is 9. The molecule has 6 aliphatic rings. The van der Waals surface area contributed by atoms with E-state index in [-0.39, 0.29) is 69.4 Å². The van der Waals surface area contributed by atoms with E-state index < -0.39 is 75.2 Å². The maximum absolute atomic E-state index is 14.5. The summed E-state index contributed by atoms with van der Waals surface area (Å²) < 4.78 is 17.8. The predicted octanol–water partition coefficient (Wildman–Crippen LogP) is 8.87. The number of ether oxygens (including phenoxy) is 3. The summed E-state index contributed by atoms with van der Waals surface area (Å²) in [5, 5.41) is 30.1. The fourth-order valence-electron chi connectivity index (χ4n) is 11.1. The summed E-state index contributed by atoms with van der Waals surface area (Å²) in [4.78, 5) is 91.5. The quantitative estimate of drug-likeness (QED) is 0.0493. The normalized spacial score (nSPS) is 22.6. The summed E-state index contributed by atoms with van der Waals surface area (Å²) in [6.45, 7) is 14.9. The Kier molecular flexibility index (Phi) is 19.1.